The maximum Gasteiger partial charge on any atom is 0.341 e. The van der Waals surface area contributed by atoms with E-state index in [9.17, 15) is 14.4 Å². The molecule has 27 heavy (non-hydrogen) atoms. The molecule has 7 heteroatoms. The molecule has 0 fully saturated rings. The first-order chi connectivity index (χ1) is 12.8. The van der Waals surface area contributed by atoms with Crippen molar-refractivity contribution in [3.05, 3.63) is 33.9 Å². The highest BCUT2D eigenvalue weighted by atomic mass is 16.5. The van der Waals surface area contributed by atoms with E-state index in [1.165, 1.54) is 20.3 Å². The minimum absolute atomic E-state index is 0.129. The second-order valence-corrected chi connectivity index (χ2v) is 6.50. The number of rotatable bonds is 7. The zero-order valence-electron chi connectivity index (χ0n) is 16.2. The first-order valence-electron chi connectivity index (χ1n) is 8.56. The van der Waals surface area contributed by atoms with Crippen LogP contribution in [0.25, 0.3) is 0 Å². The standard InChI is InChI=1S/C20H23NO6/c1-11(8-12(2)19(23)26-5)6-7-14-17(21-10-22)16-15(9-27-20(16)24)13(3)18(14)25-4/h6,12H,7-9H2,1-5H3/t12-/m1/s1. The van der Waals surface area contributed by atoms with Gasteiger partial charge in [-0.15, -0.1) is 0 Å². The monoisotopic (exact) mass is 373 g/mol. The molecular weight excluding hydrogens is 350 g/mol. The molecule has 1 heterocycles. The van der Waals surface area contributed by atoms with Crippen LogP contribution in [0.3, 0.4) is 0 Å². The molecule has 2 rings (SSSR count). The van der Waals surface area contributed by atoms with Gasteiger partial charge in [-0.2, -0.15) is 4.99 Å². The van der Waals surface area contributed by atoms with E-state index in [0.29, 0.717) is 35.3 Å². The van der Waals surface area contributed by atoms with Crippen LogP contribution in [-0.4, -0.2) is 32.2 Å². The van der Waals surface area contributed by atoms with Gasteiger partial charge in [-0.3, -0.25) is 4.79 Å². The average molecular weight is 373 g/mol. The van der Waals surface area contributed by atoms with Crippen LogP contribution in [0.5, 0.6) is 5.75 Å². The number of methoxy groups -OCH3 is 2. The van der Waals surface area contributed by atoms with Gasteiger partial charge in [0.05, 0.1) is 31.4 Å². The lowest BCUT2D eigenvalue weighted by Gasteiger charge is -2.16. The van der Waals surface area contributed by atoms with Gasteiger partial charge in [-0.1, -0.05) is 18.6 Å². The fourth-order valence-electron chi connectivity index (χ4n) is 3.32. The van der Waals surface area contributed by atoms with Crippen LogP contribution in [0.2, 0.25) is 0 Å². The van der Waals surface area contributed by atoms with Gasteiger partial charge < -0.3 is 14.2 Å². The molecule has 1 atom stereocenters. The minimum atomic E-state index is -0.508. The van der Waals surface area contributed by atoms with Gasteiger partial charge in [0.1, 0.15) is 12.4 Å². The molecular formula is C20H23NO6. The van der Waals surface area contributed by atoms with Crippen LogP contribution in [0.4, 0.5) is 5.69 Å². The van der Waals surface area contributed by atoms with Crippen molar-refractivity contribution in [1.82, 2.24) is 0 Å². The van der Waals surface area contributed by atoms with E-state index in [1.807, 2.05) is 19.9 Å². The molecule has 1 aromatic carbocycles. The van der Waals surface area contributed by atoms with Crippen molar-refractivity contribution in [3.8, 4) is 5.75 Å². The van der Waals surface area contributed by atoms with Crippen LogP contribution in [-0.2, 0) is 32.1 Å². The molecule has 0 aliphatic carbocycles. The summed E-state index contributed by atoms with van der Waals surface area (Å²) in [4.78, 5) is 38.5. The molecule has 1 aliphatic heterocycles. The molecule has 144 valence electrons. The number of isocyanates is 1. The number of hydrogen-bond donors (Lipinski definition) is 0. The quantitative estimate of drug-likeness (QED) is 0.315. The smallest absolute Gasteiger partial charge is 0.341 e. The normalized spacial score (nSPS) is 14.1. The average Bonchev–Trinajstić information content (AvgIpc) is 3.03. The number of nitrogens with zero attached hydrogens (tertiary/aromatic N) is 1. The van der Waals surface area contributed by atoms with Crippen molar-refractivity contribution in [3.63, 3.8) is 0 Å². The molecule has 0 spiro atoms. The van der Waals surface area contributed by atoms with E-state index in [0.717, 1.165) is 11.1 Å². The predicted molar refractivity (Wildman–Crippen MR) is 97.9 cm³/mol. The van der Waals surface area contributed by atoms with E-state index in [4.69, 9.17) is 14.2 Å². The van der Waals surface area contributed by atoms with Crippen LogP contribution < -0.4 is 4.74 Å². The number of cyclic esters (lactones) is 1. The van der Waals surface area contributed by atoms with Gasteiger partial charge >= 0.3 is 11.9 Å². The van der Waals surface area contributed by atoms with Gasteiger partial charge in [0, 0.05) is 11.1 Å². The Labute approximate surface area is 158 Å². The highest BCUT2D eigenvalue weighted by Gasteiger charge is 2.32. The summed E-state index contributed by atoms with van der Waals surface area (Å²) >= 11 is 0. The lowest BCUT2D eigenvalue weighted by molar-refractivity contribution is -0.144. The zero-order chi connectivity index (χ0) is 20.1. The number of hydrogen-bond acceptors (Lipinski definition) is 7. The maximum atomic E-state index is 12.1. The Morgan fingerprint density at radius 2 is 2.11 bits per heavy atom. The van der Waals surface area contributed by atoms with Gasteiger partial charge in [0.2, 0.25) is 6.08 Å². The SMILES string of the molecule is COC(=O)[C@H](C)CC(C)=CCc1c(N=C=O)c2c(c(C)c1OC)COC2=O. The van der Waals surface area contributed by atoms with Crippen LogP contribution >= 0.6 is 0 Å². The second-order valence-electron chi connectivity index (χ2n) is 6.50. The Bertz CT molecular complexity index is 849. The fourth-order valence-corrected chi connectivity index (χ4v) is 3.32. The summed E-state index contributed by atoms with van der Waals surface area (Å²) in [5, 5.41) is 0. The number of fused-ring (bicyclic) bond motifs is 1. The molecule has 0 aromatic heterocycles. The van der Waals surface area contributed by atoms with E-state index in [-0.39, 0.29) is 24.2 Å². The van der Waals surface area contributed by atoms with Crippen molar-refractivity contribution in [2.45, 2.75) is 40.2 Å². The van der Waals surface area contributed by atoms with Gasteiger partial charge in [-0.05, 0) is 32.3 Å². The van der Waals surface area contributed by atoms with Crippen molar-refractivity contribution < 1.29 is 28.6 Å². The first-order valence-corrected chi connectivity index (χ1v) is 8.56. The Morgan fingerprint density at radius 3 is 2.70 bits per heavy atom. The number of ether oxygens (including phenoxy) is 3. The predicted octanol–water partition coefficient (Wildman–Crippen LogP) is 3.33. The lowest BCUT2D eigenvalue weighted by Crippen LogP contribution is -2.12. The summed E-state index contributed by atoms with van der Waals surface area (Å²) in [7, 11) is 2.89. The van der Waals surface area contributed by atoms with E-state index < -0.39 is 5.97 Å². The summed E-state index contributed by atoms with van der Waals surface area (Å²) in [5.74, 6) is -0.489. The van der Waals surface area contributed by atoms with Crippen LogP contribution in [0, 0.1) is 12.8 Å². The topological polar surface area (TPSA) is 91.3 Å². The highest BCUT2D eigenvalue weighted by molar-refractivity contribution is 6.01. The van der Waals surface area contributed by atoms with E-state index in [1.54, 1.807) is 6.92 Å². The second kappa shape index (κ2) is 8.64. The summed E-state index contributed by atoms with van der Waals surface area (Å²) in [5.41, 5.74) is 3.56. The zero-order valence-corrected chi connectivity index (χ0v) is 16.2. The van der Waals surface area contributed by atoms with Crippen molar-refractivity contribution >= 4 is 23.7 Å². The number of carbonyl (C=O) groups is 2. The summed E-state index contributed by atoms with van der Waals surface area (Å²) in [6.07, 6.45) is 4.36. The summed E-state index contributed by atoms with van der Waals surface area (Å²) in [6.45, 7) is 5.67. The van der Waals surface area contributed by atoms with Gasteiger partial charge in [0.15, 0.2) is 0 Å². The number of allylic oxidation sites excluding steroid dienone is 2. The first kappa shape index (κ1) is 20.4. The molecule has 0 bridgehead atoms. The van der Waals surface area contributed by atoms with E-state index in [2.05, 4.69) is 4.99 Å². The summed E-state index contributed by atoms with van der Waals surface area (Å²) in [6, 6.07) is 0. The Balaban J connectivity index is 2.47. The van der Waals surface area contributed by atoms with Crippen molar-refractivity contribution in [2.24, 2.45) is 10.9 Å². The Hall–Kier alpha value is -2.92. The Kier molecular flexibility index (Phi) is 6.53. The lowest BCUT2D eigenvalue weighted by atomic mass is 9.93. The van der Waals surface area contributed by atoms with Gasteiger partial charge in [-0.25, -0.2) is 9.59 Å². The van der Waals surface area contributed by atoms with Crippen LogP contribution in [0.15, 0.2) is 16.6 Å². The molecule has 0 unspecified atom stereocenters. The molecule has 0 saturated carbocycles. The molecule has 0 amide bonds. The Morgan fingerprint density at radius 1 is 1.41 bits per heavy atom. The number of esters is 2. The molecule has 0 saturated heterocycles. The van der Waals surface area contributed by atoms with Crippen molar-refractivity contribution in [1.29, 1.82) is 0 Å². The van der Waals surface area contributed by atoms with Crippen molar-refractivity contribution in [2.75, 3.05) is 14.2 Å². The third kappa shape index (κ3) is 4.09. The third-order valence-electron chi connectivity index (χ3n) is 4.69. The number of carbonyl (C=O) groups excluding carboxylic acids is 3. The fraction of sp³-hybridized carbons (Fsp3) is 0.450. The maximum absolute atomic E-state index is 12.1. The number of benzene rings is 1. The van der Waals surface area contributed by atoms with Gasteiger partial charge in [0.25, 0.3) is 0 Å². The largest absolute Gasteiger partial charge is 0.496 e. The molecule has 1 aliphatic rings. The highest BCUT2D eigenvalue weighted by Crippen LogP contribution is 2.42. The third-order valence-corrected chi connectivity index (χ3v) is 4.69. The van der Waals surface area contributed by atoms with Crippen LogP contribution in [0.1, 0.15) is 47.3 Å². The molecule has 0 radical (unpaired) electrons. The number of aliphatic imine (C=N–C) groups is 1. The molecule has 0 N–H and O–H groups in total. The summed E-state index contributed by atoms with van der Waals surface area (Å²) < 4.78 is 15.4. The van der Waals surface area contributed by atoms with E-state index >= 15 is 0 Å². The molecule has 7 nitrogen and oxygen atoms in total. The molecule has 1 aromatic rings. The minimum Gasteiger partial charge on any atom is -0.496 e.